The molecule has 0 fully saturated rings. The van der Waals surface area contributed by atoms with Crippen molar-refractivity contribution in [1.29, 1.82) is 0 Å². The maximum atomic E-state index is 11.0. The summed E-state index contributed by atoms with van der Waals surface area (Å²) in [7, 11) is -3.62. The SMILES string of the molecule is NS(=O)(=O)c1ccc(/C=C/c2ncon2)s1. The molecule has 16 heavy (non-hydrogen) atoms. The maximum absolute atomic E-state index is 11.0. The predicted molar refractivity (Wildman–Crippen MR) is 58.9 cm³/mol. The molecule has 2 N–H and O–H groups in total. The van der Waals surface area contributed by atoms with Crippen LogP contribution < -0.4 is 5.14 Å². The fourth-order valence-corrected chi connectivity index (χ4v) is 2.64. The van der Waals surface area contributed by atoms with Gasteiger partial charge in [-0.3, -0.25) is 0 Å². The van der Waals surface area contributed by atoms with E-state index in [4.69, 9.17) is 5.14 Å². The van der Waals surface area contributed by atoms with Gasteiger partial charge in [-0.1, -0.05) is 5.16 Å². The van der Waals surface area contributed by atoms with Crippen LogP contribution in [0.25, 0.3) is 12.2 Å². The third-order valence-electron chi connectivity index (χ3n) is 1.66. The van der Waals surface area contributed by atoms with Crippen molar-refractivity contribution in [1.82, 2.24) is 10.1 Å². The Morgan fingerprint density at radius 1 is 1.38 bits per heavy atom. The lowest BCUT2D eigenvalue weighted by Gasteiger charge is -1.88. The van der Waals surface area contributed by atoms with Gasteiger partial charge in [0.2, 0.25) is 16.4 Å². The normalized spacial score (nSPS) is 12.3. The molecule has 6 nitrogen and oxygen atoms in total. The zero-order valence-electron chi connectivity index (χ0n) is 7.90. The second kappa shape index (κ2) is 4.16. The van der Waals surface area contributed by atoms with Crippen LogP contribution in [0.4, 0.5) is 0 Å². The average molecular weight is 257 g/mol. The summed E-state index contributed by atoms with van der Waals surface area (Å²) in [5.74, 6) is 0.422. The van der Waals surface area contributed by atoms with Gasteiger partial charge in [-0.05, 0) is 24.3 Å². The molecule has 0 radical (unpaired) electrons. The maximum Gasteiger partial charge on any atom is 0.247 e. The predicted octanol–water partition coefficient (Wildman–Crippen LogP) is 0.949. The second-order valence-electron chi connectivity index (χ2n) is 2.82. The Kier molecular flexibility index (Phi) is 2.86. The summed E-state index contributed by atoms with van der Waals surface area (Å²) in [6.07, 6.45) is 4.51. The van der Waals surface area contributed by atoms with Gasteiger partial charge in [0.15, 0.2) is 5.82 Å². The van der Waals surface area contributed by atoms with Crippen molar-refractivity contribution < 1.29 is 12.9 Å². The minimum atomic E-state index is -3.62. The Morgan fingerprint density at radius 2 is 2.19 bits per heavy atom. The van der Waals surface area contributed by atoms with Gasteiger partial charge in [0.1, 0.15) is 4.21 Å². The molecule has 0 saturated carbocycles. The van der Waals surface area contributed by atoms with E-state index in [0.717, 1.165) is 16.2 Å². The first kappa shape index (κ1) is 11.0. The second-order valence-corrected chi connectivity index (χ2v) is 5.73. The van der Waals surface area contributed by atoms with Crippen LogP contribution >= 0.6 is 11.3 Å². The van der Waals surface area contributed by atoms with E-state index < -0.39 is 10.0 Å². The number of hydrogen-bond acceptors (Lipinski definition) is 6. The molecule has 0 bridgehead atoms. The Labute approximate surface area is 95.5 Å². The number of nitrogens with zero attached hydrogens (tertiary/aromatic N) is 2. The van der Waals surface area contributed by atoms with Gasteiger partial charge in [0.05, 0.1) is 0 Å². The summed E-state index contributed by atoms with van der Waals surface area (Å²) >= 11 is 1.08. The third-order valence-corrected chi connectivity index (χ3v) is 4.15. The van der Waals surface area contributed by atoms with Crippen LogP contribution in [0.15, 0.2) is 27.3 Å². The highest BCUT2D eigenvalue weighted by molar-refractivity contribution is 7.91. The zero-order chi connectivity index (χ0) is 11.6. The van der Waals surface area contributed by atoms with Gasteiger partial charge in [-0.15, -0.1) is 11.3 Å². The smallest absolute Gasteiger partial charge is 0.247 e. The first-order chi connectivity index (χ1) is 7.55. The van der Waals surface area contributed by atoms with Crippen LogP contribution in [-0.4, -0.2) is 18.6 Å². The minimum Gasteiger partial charge on any atom is -0.342 e. The number of sulfonamides is 1. The highest BCUT2D eigenvalue weighted by Crippen LogP contribution is 2.21. The molecule has 0 spiro atoms. The quantitative estimate of drug-likeness (QED) is 0.882. The summed E-state index contributed by atoms with van der Waals surface area (Å²) < 4.78 is 26.7. The van der Waals surface area contributed by atoms with Crippen molar-refractivity contribution in [3.63, 3.8) is 0 Å². The highest BCUT2D eigenvalue weighted by atomic mass is 32.2. The molecule has 2 aromatic heterocycles. The molecule has 84 valence electrons. The highest BCUT2D eigenvalue weighted by Gasteiger charge is 2.09. The summed E-state index contributed by atoms with van der Waals surface area (Å²) in [6.45, 7) is 0. The van der Waals surface area contributed by atoms with Gasteiger partial charge in [0, 0.05) is 4.88 Å². The van der Waals surface area contributed by atoms with Crippen molar-refractivity contribution in [3.05, 3.63) is 29.2 Å². The van der Waals surface area contributed by atoms with Crippen LogP contribution in [0.3, 0.4) is 0 Å². The molecule has 0 saturated heterocycles. The molecule has 0 unspecified atom stereocenters. The summed E-state index contributed by atoms with van der Waals surface area (Å²) in [4.78, 5) is 4.53. The molecule has 0 aliphatic carbocycles. The van der Waals surface area contributed by atoms with Crippen LogP contribution in [0.2, 0.25) is 0 Å². The number of primary sulfonamides is 1. The first-order valence-corrected chi connectivity index (χ1v) is 6.49. The van der Waals surface area contributed by atoms with Crippen molar-refractivity contribution in [2.45, 2.75) is 4.21 Å². The fraction of sp³-hybridized carbons (Fsp3) is 0. The van der Waals surface area contributed by atoms with Crippen LogP contribution in [0.1, 0.15) is 10.7 Å². The third kappa shape index (κ3) is 2.54. The van der Waals surface area contributed by atoms with Crippen LogP contribution in [0, 0.1) is 0 Å². The molecule has 0 aliphatic rings. The van der Waals surface area contributed by atoms with Crippen molar-refractivity contribution >= 4 is 33.5 Å². The Balaban J connectivity index is 2.21. The standard InChI is InChI=1S/C8H7N3O3S2/c9-16(12,13)8-4-2-6(15-8)1-3-7-10-5-14-11-7/h1-5H,(H2,9,12,13)/b3-1+. The fourth-order valence-electron chi connectivity index (χ4n) is 0.986. The lowest BCUT2D eigenvalue weighted by Crippen LogP contribution is -2.09. The van der Waals surface area contributed by atoms with Gasteiger partial charge in [0.25, 0.3) is 0 Å². The summed E-state index contributed by atoms with van der Waals surface area (Å²) in [6, 6.07) is 3.11. The summed E-state index contributed by atoms with van der Waals surface area (Å²) in [5.41, 5.74) is 0. The van der Waals surface area contributed by atoms with E-state index in [1.54, 1.807) is 18.2 Å². The number of nitrogens with two attached hydrogens (primary N) is 1. The molecule has 0 amide bonds. The zero-order valence-corrected chi connectivity index (χ0v) is 9.53. The largest absolute Gasteiger partial charge is 0.342 e. The number of thiophene rings is 1. The number of aromatic nitrogens is 2. The van der Waals surface area contributed by atoms with E-state index in [9.17, 15) is 8.42 Å². The van der Waals surface area contributed by atoms with E-state index >= 15 is 0 Å². The molecule has 0 aromatic carbocycles. The molecule has 2 rings (SSSR count). The molecule has 0 atom stereocenters. The van der Waals surface area contributed by atoms with E-state index in [1.165, 1.54) is 12.5 Å². The molecule has 2 heterocycles. The van der Waals surface area contributed by atoms with E-state index in [0.29, 0.717) is 5.82 Å². The average Bonchev–Trinajstić information content (AvgIpc) is 2.85. The van der Waals surface area contributed by atoms with Crippen LogP contribution in [0.5, 0.6) is 0 Å². The molecule has 8 heteroatoms. The Bertz CT molecular complexity index is 598. The van der Waals surface area contributed by atoms with Crippen molar-refractivity contribution in [3.8, 4) is 0 Å². The lowest BCUT2D eigenvalue weighted by molar-refractivity contribution is 0.415. The molecular weight excluding hydrogens is 250 g/mol. The summed E-state index contributed by atoms with van der Waals surface area (Å²) in [5, 5.41) is 8.56. The first-order valence-electron chi connectivity index (χ1n) is 4.13. The topological polar surface area (TPSA) is 99.1 Å². The molecule has 2 aromatic rings. The van der Waals surface area contributed by atoms with Gasteiger partial charge in [-0.2, -0.15) is 4.98 Å². The molecular formula is C8H7N3O3S2. The van der Waals surface area contributed by atoms with E-state index in [-0.39, 0.29) is 4.21 Å². The lowest BCUT2D eigenvalue weighted by atomic mass is 10.4. The van der Waals surface area contributed by atoms with E-state index in [1.807, 2.05) is 0 Å². The molecule has 0 aliphatic heterocycles. The Morgan fingerprint density at radius 3 is 2.75 bits per heavy atom. The number of hydrogen-bond donors (Lipinski definition) is 1. The van der Waals surface area contributed by atoms with Gasteiger partial charge in [-0.25, -0.2) is 13.6 Å². The van der Waals surface area contributed by atoms with Crippen molar-refractivity contribution in [2.24, 2.45) is 5.14 Å². The van der Waals surface area contributed by atoms with E-state index in [2.05, 4.69) is 14.7 Å². The van der Waals surface area contributed by atoms with Gasteiger partial charge >= 0.3 is 0 Å². The Hall–Kier alpha value is -1.51. The minimum absolute atomic E-state index is 0.125. The number of rotatable bonds is 3. The monoisotopic (exact) mass is 257 g/mol. The van der Waals surface area contributed by atoms with Crippen molar-refractivity contribution in [2.75, 3.05) is 0 Å². The van der Waals surface area contributed by atoms with Crippen LogP contribution in [-0.2, 0) is 10.0 Å². The van der Waals surface area contributed by atoms with Gasteiger partial charge < -0.3 is 4.52 Å².